The fraction of sp³-hybridized carbons (Fsp3) is 0.756. The van der Waals surface area contributed by atoms with Crippen LogP contribution >= 0.6 is 7.82 Å². The molecule has 0 unspecified atom stereocenters. The molecule has 0 spiro atoms. The second-order valence-corrected chi connectivity index (χ2v) is 14.5. The van der Waals surface area contributed by atoms with E-state index in [2.05, 4.69) is 67.0 Å². The molecule has 0 rings (SSSR count). The average molecular weight is 725 g/mol. The highest BCUT2D eigenvalue weighted by atomic mass is 31.2. The van der Waals surface area contributed by atoms with Gasteiger partial charge in [0.2, 0.25) is 0 Å². The van der Waals surface area contributed by atoms with Gasteiger partial charge in [0.15, 0.2) is 6.10 Å². The van der Waals surface area contributed by atoms with Gasteiger partial charge in [-0.2, -0.15) is 0 Å². The Kier molecular flexibility index (Phi) is 35.3. The molecule has 0 heterocycles. The van der Waals surface area contributed by atoms with Crippen molar-refractivity contribution in [1.29, 1.82) is 0 Å². The number of unbranched alkanes of at least 4 members (excludes halogenated alkanes) is 18. The fourth-order valence-electron chi connectivity index (χ4n) is 5.31. The van der Waals surface area contributed by atoms with E-state index in [1.54, 1.807) is 0 Å². The Hall–Kier alpha value is -1.99. The minimum absolute atomic E-state index is 0.201. The van der Waals surface area contributed by atoms with E-state index in [0.717, 1.165) is 64.2 Å². The van der Waals surface area contributed by atoms with Gasteiger partial charge in [0.25, 0.3) is 0 Å². The van der Waals surface area contributed by atoms with Crippen molar-refractivity contribution in [2.45, 2.75) is 187 Å². The third-order valence-electron chi connectivity index (χ3n) is 8.32. The fourth-order valence-corrected chi connectivity index (χ4v) is 5.67. The monoisotopic (exact) mass is 725 g/mol. The molecule has 0 aliphatic heterocycles. The molecule has 1 atom stereocenters. The number of ether oxygens (including phenoxy) is 2. The number of carbonyl (C=O) groups is 2. The Bertz CT molecular complexity index is 952. The number of carbonyl (C=O) groups excluding carboxylic acids is 2. The number of phosphoric ester groups is 1. The van der Waals surface area contributed by atoms with Crippen molar-refractivity contribution in [3.05, 3.63) is 48.6 Å². The lowest BCUT2D eigenvalue weighted by Crippen LogP contribution is -2.29. The molecule has 9 heteroatoms. The van der Waals surface area contributed by atoms with Crippen LogP contribution in [0.25, 0.3) is 0 Å². The van der Waals surface area contributed by atoms with Gasteiger partial charge in [0.1, 0.15) is 6.61 Å². The summed E-state index contributed by atoms with van der Waals surface area (Å²) in [5.74, 6) is -0.916. The molecule has 0 saturated carbocycles. The van der Waals surface area contributed by atoms with Crippen LogP contribution in [0.2, 0.25) is 0 Å². The quantitative estimate of drug-likeness (QED) is 0.0284. The lowest BCUT2D eigenvalue weighted by molar-refractivity contribution is -0.161. The minimum atomic E-state index is -4.76. The summed E-state index contributed by atoms with van der Waals surface area (Å²) in [7, 11) is -4.76. The SMILES string of the molecule is CCCCC/C=C/C/C=C/C/C=C/CCCCCCC(=O)OC[C@H](COP(=O)(O)O)OC(=O)CCCCCCCCC/C=C/CCCCCC. The summed E-state index contributed by atoms with van der Waals surface area (Å²) in [5, 5.41) is 0. The molecule has 290 valence electrons. The predicted octanol–water partition coefficient (Wildman–Crippen LogP) is 12.0. The van der Waals surface area contributed by atoms with Gasteiger partial charge in [-0.25, -0.2) is 4.57 Å². The van der Waals surface area contributed by atoms with Gasteiger partial charge in [0.05, 0.1) is 6.61 Å². The van der Waals surface area contributed by atoms with Crippen molar-refractivity contribution in [2.24, 2.45) is 0 Å². The molecule has 50 heavy (non-hydrogen) atoms. The van der Waals surface area contributed by atoms with Crippen molar-refractivity contribution >= 4 is 19.8 Å². The summed E-state index contributed by atoms with van der Waals surface area (Å²) < 4.78 is 26.3. The number of hydrogen-bond acceptors (Lipinski definition) is 6. The van der Waals surface area contributed by atoms with E-state index in [1.165, 1.54) is 77.0 Å². The van der Waals surface area contributed by atoms with Crippen molar-refractivity contribution in [2.75, 3.05) is 13.2 Å². The van der Waals surface area contributed by atoms with Gasteiger partial charge in [-0.1, -0.05) is 140 Å². The zero-order chi connectivity index (χ0) is 36.8. The highest BCUT2D eigenvalue weighted by Gasteiger charge is 2.22. The molecule has 0 amide bonds. The molecule has 0 bridgehead atoms. The van der Waals surface area contributed by atoms with E-state index in [4.69, 9.17) is 19.3 Å². The number of esters is 2. The zero-order valence-corrected chi connectivity index (χ0v) is 32.7. The highest BCUT2D eigenvalue weighted by molar-refractivity contribution is 7.46. The molecule has 0 aliphatic rings. The van der Waals surface area contributed by atoms with E-state index in [9.17, 15) is 14.2 Å². The molecule has 0 aromatic carbocycles. The van der Waals surface area contributed by atoms with Crippen molar-refractivity contribution in [3.63, 3.8) is 0 Å². The third kappa shape index (κ3) is 38.8. The van der Waals surface area contributed by atoms with Crippen LogP contribution in [0.4, 0.5) is 0 Å². The molecule has 0 aliphatic carbocycles. The Labute approximate surface area is 305 Å². The maximum absolute atomic E-state index is 12.4. The second-order valence-electron chi connectivity index (χ2n) is 13.2. The number of allylic oxidation sites excluding steroid dienone is 8. The molecular formula is C41H73O8P. The van der Waals surface area contributed by atoms with Crippen LogP contribution in [0.1, 0.15) is 181 Å². The normalized spacial score (nSPS) is 13.0. The lowest BCUT2D eigenvalue weighted by atomic mass is 10.1. The highest BCUT2D eigenvalue weighted by Crippen LogP contribution is 2.36. The molecule has 0 fully saturated rings. The van der Waals surface area contributed by atoms with Crippen LogP contribution in [-0.2, 0) is 28.2 Å². The molecular weight excluding hydrogens is 651 g/mol. The summed E-state index contributed by atoms with van der Waals surface area (Å²) in [6.07, 6.45) is 43.9. The summed E-state index contributed by atoms with van der Waals surface area (Å²) in [5.41, 5.74) is 0. The van der Waals surface area contributed by atoms with E-state index in [-0.39, 0.29) is 19.4 Å². The second kappa shape index (κ2) is 36.8. The van der Waals surface area contributed by atoms with Crippen molar-refractivity contribution in [1.82, 2.24) is 0 Å². The van der Waals surface area contributed by atoms with Crippen molar-refractivity contribution in [3.8, 4) is 0 Å². The Morgan fingerprint density at radius 3 is 1.40 bits per heavy atom. The number of hydrogen-bond donors (Lipinski definition) is 2. The van der Waals surface area contributed by atoms with Gasteiger partial charge in [-0.15, -0.1) is 0 Å². The van der Waals surface area contributed by atoms with Gasteiger partial charge in [-0.3, -0.25) is 14.1 Å². The molecule has 8 nitrogen and oxygen atoms in total. The predicted molar refractivity (Wildman–Crippen MR) is 207 cm³/mol. The standard InChI is InChI=1S/C41H73O8P/c1-3-5-7-9-11-13-15-17-19-20-22-23-25-27-29-31-33-35-40(42)47-37-39(38-48-50(44,45)46)49-41(43)36-34-32-30-28-26-24-21-18-16-14-12-10-8-6-4-2/h11,13-14,16-17,19,22-23,39H,3-10,12,15,18,20-21,24-38H2,1-2H3,(H2,44,45,46)/b13-11+,16-14+,19-17+,23-22+/t39-/m1/s1. The first-order valence-electron chi connectivity index (χ1n) is 19.9. The van der Waals surface area contributed by atoms with Gasteiger partial charge in [-0.05, 0) is 77.0 Å². The maximum Gasteiger partial charge on any atom is 0.469 e. The van der Waals surface area contributed by atoms with Crippen LogP contribution in [-0.4, -0.2) is 41.0 Å². The van der Waals surface area contributed by atoms with Gasteiger partial charge >= 0.3 is 19.8 Å². The van der Waals surface area contributed by atoms with Crippen molar-refractivity contribution < 1.29 is 37.9 Å². The Morgan fingerprint density at radius 1 is 0.520 bits per heavy atom. The summed E-state index contributed by atoms with van der Waals surface area (Å²) in [6.45, 7) is 3.61. The van der Waals surface area contributed by atoms with Crippen LogP contribution in [0.15, 0.2) is 48.6 Å². The third-order valence-corrected chi connectivity index (χ3v) is 8.81. The van der Waals surface area contributed by atoms with E-state index in [0.29, 0.717) is 12.8 Å². The first-order valence-corrected chi connectivity index (χ1v) is 21.5. The summed E-state index contributed by atoms with van der Waals surface area (Å²) in [6, 6.07) is 0. The minimum Gasteiger partial charge on any atom is -0.462 e. The van der Waals surface area contributed by atoms with E-state index >= 15 is 0 Å². The lowest BCUT2D eigenvalue weighted by Gasteiger charge is -2.18. The zero-order valence-electron chi connectivity index (χ0n) is 31.8. The maximum atomic E-state index is 12.4. The Morgan fingerprint density at radius 2 is 0.900 bits per heavy atom. The first kappa shape index (κ1) is 48.0. The number of phosphoric acid groups is 1. The summed E-state index contributed by atoms with van der Waals surface area (Å²) in [4.78, 5) is 42.8. The van der Waals surface area contributed by atoms with E-state index in [1.807, 2.05) is 0 Å². The van der Waals surface area contributed by atoms with E-state index < -0.39 is 32.5 Å². The topological polar surface area (TPSA) is 119 Å². The van der Waals surface area contributed by atoms with Crippen LogP contribution in [0.3, 0.4) is 0 Å². The molecule has 0 saturated heterocycles. The van der Waals surface area contributed by atoms with Crippen LogP contribution in [0, 0.1) is 0 Å². The molecule has 0 radical (unpaired) electrons. The smallest absolute Gasteiger partial charge is 0.462 e. The first-order chi connectivity index (χ1) is 24.3. The Balaban J connectivity index is 4.00. The molecule has 0 aromatic rings. The molecule has 0 aromatic heterocycles. The van der Waals surface area contributed by atoms with Gasteiger partial charge in [0, 0.05) is 12.8 Å². The summed E-state index contributed by atoms with van der Waals surface area (Å²) >= 11 is 0. The van der Waals surface area contributed by atoms with Crippen LogP contribution < -0.4 is 0 Å². The van der Waals surface area contributed by atoms with Crippen LogP contribution in [0.5, 0.6) is 0 Å². The number of rotatable bonds is 36. The molecule has 2 N–H and O–H groups in total. The average Bonchev–Trinajstić information content (AvgIpc) is 3.08. The largest absolute Gasteiger partial charge is 0.469 e. The van der Waals surface area contributed by atoms with Gasteiger partial charge < -0.3 is 19.3 Å².